The third-order valence-corrected chi connectivity index (χ3v) is 6.22. The van der Waals surface area contributed by atoms with E-state index in [1.165, 1.54) is 0 Å². The highest BCUT2D eigenvalue weighted by molar-refractivity contribution is 6.31. The predicted octanol–water partition coefficient (Wildman–Crippen LogP) is 5.25. The van der Waals surface area contributed by atoms with Gasteiger partial charge in [0, 0.05) is 34.5 Å². The van der Waals surface area contributed by atoms with Gasteiger partial charge in [-0.25, -0.2) is 0 Å². The molecule has 3 heterocycles. The summed E-state index contributed by atoms with van der Waals surface area (Å²) in [7, 11) is 0. The molecule has 3 aromatic carbocycles. The molecule has 1 unspecified atom stereocenters. The number of nitrogens with one attached hydrogen (secondary N) is 2. The minimum atomic E-state index is -0.225. The molecule has 2 aromatic heterocycles. The van der Waals surface area contributed by atoms with Crippen molar-refractivity contribution < 1.29 is 9.53 Å². The Morgan fingerprint density at radius 1 is 1.09 bits per heavy atom. The van der Waals surface area contributed by atoms with Crippen molar-refractivity contribution in [1.82, 2.24) is 25.2 Å². The first-order chi connectivity index (χ1) is 16.7. The molecule has 1 aliphatic heterocycles. The first kappa shape index (κ1) is 20.4. The Labute approximate surface area is 199 Å². The molecule has 0 aliphatic carbocycles. The van der Waals surface area contributed by atoms with E-state index >= 15 is 0 Å². The van der Waals surface area contributed by atoms with E-state index in [0.717, 1.165) is 28.6 Å². The van der Waals surface area contributed by atoms with Crippen LogP contribution in [0.15, 0.2) is 72.8 Å². The zero-order chi connectivity index (χ0) is 23.1. The van der Waals surface area contributed by atoms with Crippen molar-refractivity contribution >= 4 is 34.1 Å². The highest BCUT2D eigenvalue weighted by Gasteiger charge is 2.27. The number of para-hydroxylation sites is 2. The maximum Gasteiger partial charge on any atom is 0.272 e. The first-order valence-corrected chi connectivity index (χ1v) is 11.2. The lowest BCUT2D eigenvalue weighted by Crippen LogP contribution is -2.22. The number of aromatic amines is 1. The average molecular weight is 471 g/mol. The van der Waals surface area contributed by atoms with Crippen LogP contribution in [-0.2, 0) is 6.54 Å². The summed E-state index contributed by atoms with van der Waals surface area (Å²) in [6, 6.07) is 23.0. The minimum Gasteiger partial charge on any atom is -0.486 e. The number of carbonyl (C=O) groups excluding carboxylic acids is 1. The average Bonchev–Trinajstić information content (AvgIpc) is 3.52. The number of aromatic nitrogens is 5. The number of tetrazole rings is 1. The molecule has 0 bridgehead atoms. The molecule has 0 saturated heterocycles. The Morgan fingerprint density at radius 2 is 1.97 bits per heavy atom. The molecule has 1 aliphatic rings. The number of hydrogen-bond donors (Lipinski definition) is 2. The molecule has 5 aromatic rings. The number of rotatable bonds is 5. The Hall–Kier alpha value is -4.17. The highest BCUT2D eigenvalue weighted by atomic mass is 35.5. The second-order valence-corrected chi connectivity index (χ2v) is 8.49. The molecule has 0 saturated carbocycles. The lowest BCUT2D eigenvalue weighted by molar-refractivity contribution is 0.101. The SMILES string of the molecule is O=C(Nc1ccc(Cl)cc1-c1nn[nH]n1)c1cc2cccc3c2n1CCC3Oc1ccccc1. The number of aryl methyl sites for hydroxylation is 1. The van der Waals surface area contributed by atoms with Crippen LogP contribution in [0, 0.1) is 0 Å². The van der Waals surface area contributed by atoms with Crippen molar-refractivity contribution in [3.05, 3.63) is 89.1 Å². The Balaban J connectivity index is 1.35. The number of carbonyl (C=O) groups is 1. The number of halogens is 1. The second kappa shape index (κ2) is 8.31. The molecular weight excluding hydrogens is 452 g/mol. The molecule has 0 radical (unpaired) electrons. The van der Waals surface area contributed by atoms with Crippen LogP contribution in [0.25, 0.3) is 22.3 Å². The predicted molar refractivity (Wildman–Crippen MR) is 129 cm³/mol. The summed E-state index contributed by atoms with van der Waals surface area (Å²) in [5.74, 6) is 0.957. The maximum absolute atomic E-state index is 13.4. The van der Waals surface area contributed by atoms with E-state index in [1.54, 1.807) is 18.2 Å². The molecule has 1 atom stereocenters. The number of ether oxygens (including phenoxy) is 1. The van der Waals surface area contributed by atoms with Crippen molar-refractivity contribution in [1.29, 1.82) is 0 Å². The number of anilines is 1. The summed E-state index contributed by atoms with van der Waals surface area (Å²) in [6.45, 7) is 0.666. The van der Waals surface area contributed by atoms with Crippen LogP contribution in [0.2, 0.25) is 5.02 Å². The first-order valence-electron chi connectivity index (χ1n) is 10.9. The zero-order valence-corrected chi connectivity index (χ0v) is 18.7. The summed E-state index contributed by atoms with van der Waals surface area (Å²) < 4.78 is 8.35. The Kier molecular flexibility index (Phi) is 5.00. The van der Waals surface area contributed by atoms with Crippen LogP contribution >= 0.6 is 11.6 Å². The van der Waals surface area contributed by atoms with Gasteiger partial charge in [-0.05, 0) is 41.6 Å². The highest BCUT2D eigenvalue weighted by Crippen LogP contribution is 2.37. The van der Waals surface area contributed by atoms with Gasteiger partial charge >= 0.3 is 0 Å². The van der Waals surface area contributed by atoms with Crippen LogP contribution < -0.4 is 10.1 Å². The molecule has 34 heavy (non-hydrogen) atoms. The van der Waals surface area contributed by atoms with Crippen molar-refractivity contribution in [3.63, 3.8) is 0 Å². The topological polar surface area (TPSA) is 97.7 Å². The Morgan fingerprint density at radius 3 is 2.79 bits per heavy atom. The van der Waals surface area contributed by atoms with Crippen molar-refractivity contribution in [2.24, 2.45) is 0 Å². The number of H-pyrrole nitrogens is 1. The van der Waals surface area contributed by atoms with Gasteiger partial charge in [0.15, 0.2) is 0 Å². The van der Waals surface area contributed by atoms with Crippen LogP contribution in [0.5, 0.6) is 5.75 Å². The van der Waals surface area contributed by atoms with Gasteiger partial charge in [0.25, 0.3) is 5.91 Å². The fourth-order valence-corrected chi connectivity index (χ4v) is 4.67. The lowest BCUT2D eigenvalue weighted by Gasteiger charge is -2.27. The summed E-state index contributed by atoms with van der Waals surface area (Å²) in [5.41, 5.74) is 3.81. The molecular formula is C25H19ClN6O2. The van der Waals surface area contributed by atoms with Gasteiger partial charge in [0.05, 0.1) is 11.2 Å². The largest absolute Gasteiger partial charge is 0.486 e. The van der Waals surface area contributed by atoms with Gasteiger partial charge in [-0.15, -0.1) is 10.2 Å². The summed E-state index contributed by atoms with van der Waals surface area (Å²) >= 11 is 6.17. The minimum absolute atomic E-state index is 0.0782. The van der Waals surface area contributed by atoms with Crippen molar-refractivity contribution in [2.45, 2.75) is 19.1 Å². The van der Waals surface area contributed by atoms with E-state index in [0.29, 0.717) is 34.3 Å². The van der Waals surface area contributed by atoms with Crippen LogP contribution in [-0.4, -0.2) is 31.1 Å². The monoisotopic (exact) mass is 470 g/mol. The molecule has 9 heteroatoms. The van der Waals surface area contributed by atoms with E-state index in [4.69, 9.17) is 16.3 Å². The lowest BCUT2D eigenvalue weighted by atomic mass is 10.0. The van der Waals surface area contributed by atoms with E-state index in [-0.39, 0.29) is 12.0 Å². The third-order valence-electron chi connectivity index (χ3n) is 5.98. The number of nitrogens with zero attached hydrogens (tertiary/aromatic N) is 4. The van der Waals surface area contributed by atoms with Crippen LogP contribution in [0.3, 0.4) is 0 Å². The standard InChI is InChI=1S/C25H19ClN6O2/c26-16-9-10-20(19(14-16)24-28-30-31-29-24)27-25(33)21-13-15-5-4-8-18-22(11-12-32(21)23(15)18)34-17-6-2-1-3-7-17/h1-10,13-14,22H,11-12H2,(H,27,33)(H,28,29,30,31). The van der Waals surface area contributed by atoms with Gasteiger partial charge in [-0.2, -0.15) is 5.21 Å². The number of benzene rings is 3. The molecule has 0 spiro atoms. The summed E-state index contributed by atoms with van der Waals surface area (Å²) in [6.07, 6.45) is 0.677. The number of hydrogen-bond acceptors (Lipinski definition) is 5. The van der Waals surface area contributed by atoms with Gasteiger partial charge in [0.1, 0.15) is 17.5 Å². The molecule has 168 valence electrons. The van der Waals surface area contributed by atoms with Gasteiger partial charge in [-0.3, -0.25) is 4.79 Å². The molecule has 8 nitrogen and oxygen atoms in total. The smallest absolute Gasteiger partial charge is 0.272 e. The second-order valence-electron chi connectivity index (χ2n) is 8.05. The molecule has 0 fully saturated rings. The molecule has 6 rings (SSSR count). The summed E-state index contributed by atoms with van der Waals surface area (Å²) in [4.78, 5) is 13.4. The van der Waals surface area contributed by atoms with Crippen molar-refractivity contribution in [2.75, 3.05) is 5.32 Å². The van der Waals surface area contributed by atoms with Crippen molar-refractivity contribution in [3.8, 4) is 17.1 Å². The van der Waals surface area contributed by atoms with Crippen LogP contribution in [0.1, 0.15) is 28.6 Å². The quantitative estimate of drug-likeness (QED) is 0.365. The zero-order valence-electron chi connectivity index (χ0n) is 17.9. The molecule has 2 N–H and O–H groups in total. The van der Waals surface area contributed by atoms with Gasteiger partial charge < -0.3 is 14.6 Å². The Bertz CT molecular complexity index is 1500. The summed E-state index contributed by atoms with van der Waals surface area (Å²) in [5, 5.41) is 18.6. The fraction of sp³-hybridized carbons (Fsp3) is 0.120. The molecule has 1 amide bonds. The third kappa shape index (κ3) is 3.58. The van der Waals surface area contributed by atoms with Gasteiger partial charge in [0.2, 0.25) is 5.82 Å². The van der Waals surface area contributed by atoms with E-state index < -0.39 is 0 Å². The fourth-order valence-electron chi connectivity index (χ4n) is 4.49. The van der Waals surface area contributed by atoms with E-state index in [9.17, 15) is 4.79 Å². The van der Waals surface area contributed by atoms with E-state index in [2.05, 4.69) is 36.6 Å². The maximum atomic E-state index is 13.4. The normalized spacial score (nSPS) is 14.8. The van der Waals surface area contributed by atoms with Gasteiger partial charge in [-0.1, -0.05) is 48.0 Å². The van der Waals surface area contributed by atoms with E-state index in [1.807, 2.05) is 48.5 Å². The van der Waals surface area contributed by atoms with Crippen LogP contribution in [0.4, 0.5) is 5.69 Å². The number of amides is 1.